The maximum absolute atomic E-state index is 12.1. The highest BCUT2D eigenvalue weighted by atomic mass is 32.1. The predicted octanol–water partition coefficient (Wildman–Crippen LogP) is 0.829. The second-order valence-electron chi connectivity index (χ2n) is 6.53. The van der Waals surface area contributed by atoms with Crippen molar-refractivity contribution in [2.24, 2.45) is 0 Å². The molecule has 1 amide bonds. The molecule has 1 aliphatic heterocycles. The van der Waals surface area contributed by atoms with Gasteiger partial charge in [-0.15, -0.1) is 0 Å². The molecular formula is C18H26N2O6S. The monoisotopic (exact) mass is 398 g/mol. The van der Waals surface area contributed by atoms with E-state index in [0.717, 1.165) is 0 Å². The molecule has 9 heteroatoms. The first-order valence-electron chi connectivity index (χ1n) is 8.60. The molecule has 0 aromatic heterocycles. The summed E-state index contributed by atoms with van der Waals surface area (Å²) in [5.41, 5.74) is 0.450. The third-order valence-electron chi connectivity index (χ3n) is 3.76. The van der Waals surface area contributed by atoms with Gasteiger partial charge in [-0.3, -0.25) is 10.1 Å². The molecule has 1 heterocycles. The Bertz CT molecular complexity index is 637. The maximum Gasteiger partial charge on any atom is 0.257 e. The molecule has 0 bridgehead atoms. The third-order valence-corrected chi connectivity index (χ3v) is 4.01. The van der Waals surface area contributed by atoms with E-state index in [1.54, 1.807) is 31.4 Å². The molecule has 0 spiro atoms. The molecule has 2 atom stereocenters. The van der Waals surface area contributed by atoms with Crippen LogP contribution in [0.25, 0.3) is 0 Å². The number of rotatable bonds is 8. The quantitative estimate of drug-likeness (QED) is 0.554. The van der Waals surface area contributed by atoms with Crippen molar-refractivity contribution in [2.75, 3.05) is 33.5 Å². The van der Waals surface area contributed by atoms with Gasteiger partial charge in [0.1, 0.15) is 11.9 Å². The van der Waals surface area contributed by atoms with Crippen molar-refractivity contribution in [3.8, 4) is 5.75 Å². The minimum absolute atomic E-state index is 0.113. The first kappa shape index (κ1) is 21.5. The van der Waals surface area contributed by atoms with Crippen LogP contribution in [0.15, 0.2) is 24.3 Å². The van der Waals surface area contributed by atoms with E-state index < -0.39 is 11.9 Å². The molecule has 0 aliphatic carbocycles. The van der Waals surface area contributed by atoms with Crippen molar-refractivity contribution in [3.05, 3.63) is 29.8 Å². The van der Waals surface area contributed by atoms with E-state index >= 15 is 0 Å². The normalized spacial score (nSPS) is 19.3. The highest BCUT2D eigenvalue weighted by molar-refractivity contribution is 7.80. The molecule has 27 heavy (non-hydrogen) atoms. The number of thiocarbonyl (C=S) groups is 1. The van der Waals surface area contributed by atoms with E-state index in [4.69, 9.17) is 31.2 Å². The Morgan fingerprint density at radius 3 is 2.70 bits per heavy atom. The first-order valence-corrected chi connectivity index (χ1v) is 9.00. The van der Waals surface area contributed by atoms with Gasteiger partial charge >= 0.3 is 0 Å². The average Bonchev–Trinajstić information content (AvgIpc) is 2.98. The van der Waals surface area contributed by atoms with Gasteiger partial charge in [0.15, 0.2) is 10.9 Å². The van der Waals surface area contributed by atoms with Crippen LogP contribution in [-0.4, -0.2) is 67.6 Å². The summed E-state index contributed by atoms with van der Waals surface area (Å²) in [6, 6.07) is 6.64. The molecule has 2 rings (SSSR count). The number of carbonyl (C=O) groups excluding carboxylic acids is 1. The van der Waals surface area contributed by atoms with Gasteiger partial charge in [-0.2, -0.15) is 0 Å². The van der Waals surface area contributed by atoms with Crippen molar-refractivity contribution in [2.45, 2.75) is 31.8 Å². The fourth-order valence-electron chi connectivity index (χ4n) is 2.41. The largest absolute Gasteiger partial charge is 0.497 e. The lowest BCUT2D eigenvalue weighted by Gasteiger charge is -2.18. The van der Waals surface area contributed by atoms with Gasteiger partial charge in [0.25, 0.3) is 5.91 Å². The van der Waals surface area contributed by atoms with Gasteiger partial charge in [0.05, 0.1) is 33.0 Å². The van der Waals surface area contributed by atoms with E-state index in [0.29, 0.717) is 24.5 Å². The van der Waals surface area contributed by atoms with Crippen LogP contribution in [0.5, 0.6) is 5.75 Å². The fourth-order valence-corrected chi connectivity index (χ4v) is 2.59. The molecule has 150 valence electrons. The molecular weight excluding hydrogens is 372 g/mol. The summed E-state index contributed by atoms with van der Waals surface area (Å²) in [5.74, 6) is -0.280. The van der Waals surface area contributed by atoms with E-state index in [2.05, 4.69) is 10.6 Å². The Kier molecular flexibility index (Phi) is 7.93. The lowest BCUT2D eigenvalue weighted by molar-refractivity contribution is -0.146. The molecule has 3 N–H and O–H groups in total. The summed E-state index contributed by atoms with van der Waals surface area (Å²) in [6.07, 6.45) is -0.929. The lowest BCUT2D eigenvalue weighted by Crippen LogP contribution is -2.43. The molecule has 0 radical (unpaired) electrons. The fraction of sp³-hybridized carbons (Fsp3) is 0.556. The van der Waals surface area contributed by atoms with Gasteiger partial charge in [-0.05, 0) is 50.3 Å². The number of hydrogen-bond acceptors (Lipinski definition) is 7. The number of hydrogen-bond donors (Lipinski definition) is 3. The molecule has 1 aliphatic rings. The molecule has 0 unspecified atom stereocenters. The second-order valence-corrected chi connectivity index (χ2v) is 6.94. The van der Waals surface area contributed by atoms with Crippen LogP contribution in [-0.2, 0) is 14.2 Å². The number of methoxy groups -OCH3 is 1. The number of aliphatic hydroxyl groups is 1. The smallest absolute Gasteiger partial charge is 0.257 e. The van der Waals surface area contributed by atoms with Gasteiger partial charge in [0, 0.05) is 12.1 Å². The molecule has 8 nitrogen and oxygen atoms in total. The van der Waals surface area contributed by atoms with Gasteiger partial charge in [-0.25, -0.2) is 0 Å². The number of aliphatic hydroxyl groups excluding tert-OH is 1. The SMILES string of the molecule is COc1ccc(C(=O)NC(=S)NC[C@H](O)COC[C@@H]2COC(C)(C)O2)cc1. The molecule has 1 saturated heterocycles. The molecule has 1 aromatic rings. The molecule has 1 aromatic carbocycles. The summed E-state index contributed by atoms with van der Waals surface area (Å²) >= 11 is 5.07. The van der Waals surface area contributed by atoms with E-state index in [1.807, 2.05) is 13.8 Å². The lowest BCUT2D eigenvalue weighted by atomic mass is 10.2. The van der Waals surface area contributed by atoms with Gasteiger partial charge in [-0.1, -0.05) is 0 Å². The number of carbonyl (C=O) groups is 1. The van der Waals surface area contributed by atoms with E-state index in [-0.39, 0.29) is 30.3 Å². The van der Waals surface area contributed by atoms with E-state index in [1.165, 1.54) is 0 Å². The van der Waals surface area contributed by atoms with Crippen LogP contribution in [0.4, 0.5) is 0 Å². The number of ether oxygens (including phenoxy) is 4. The first-order chi connectivity index (χ1) is 12.8. The van der Waals surface area contributed by atoms with Crippen molar-refractivity contribution >= 4 is 23.2 Å². The summed E-state index contributed by atoms with van der Waals surface area (Å²) in [7, 11) is 1.55. The summed E-state index contributed by atoms with van der Waals surface area (Å²) in [4.78, 5) is 12.1. The topological polar surface area (TPSA) is 98.3 Å². The van der Waals surface area contributed by atoms with Crippen molar-refractivity contribution in [3.63, 3.8) is 0 Å². The van der Waals surface area contributed by atoms with Gasteiger partial charge in [0.2, 0.25) is 0 Å². The molecule has 1 fully saturated rings. The van der Waals surface area contributed by atoms with Crippen LogP contribution in [0, 0.1) is 0 Å². The minimum Gasteiger partial charge on any atom is -0.497 e. The standard InChI is InChI=1S/C18H26N2O6S/c1-18(2)25-11-15(26-18)10-24-9-13(21)8-19-17(27)20-16(22)12-4-6-14(23-3)7-5-12/h4-7,13,15,21H,8-11H2,1-3H3,(H2,19,20,22,27)/t13-,15+/m0/s1. The van der Waals surface area contributed by atoms with Crippen LogP contribution in [0.1, 0.15) is 24.2 Å². The molecule has 0 saturated carbocycles. The van der Waals surface area contributed by atoms with Crippen LogP contribution in [0.3, 0.4) is 0 Å². The zero-order valence-corrected chi connectivity index (χ0v) is 16.5. The van der Waals surface area contributed by atoms with Crippen LogP contribution >= 0.6 is 12.2 Å². The van der Waals surface area contributed by atoms with Crippen molar-refractivity contribution < 1.29 is 28.8 Å². The Morgan fingerprint density at radius 2 is 2.11 bits per heavy atom. The third kappa shape index (κ3) is 7.39. The van der Waals surface area contributed by atoms with Crippen LogP contribution < -0.4 is 15.4 Å². The predicted molar refractivity (Wildman–Crippen MR) is 103 cm³/mol. The van der Waals surface area contributed by atoms with E-state index in [9.17, 15) is 9.90 Å². The van der Waals surface area contributed by atoms with Crippen molar-refractivity contribution in [1.29, 1.82) is 0 Å². The van der Waals surface area contributed by atoms with Crippen LogP contribution in [0.2, 0.25) is 0 Å². The number of amides is 1. The highest BCUT2D eigenvalue weighted by Crippen LogP contribution is 2.22. The maximum atomic E-state index is 12.1. The second kappa shape index (κ2) is 9.95. The summed E-state index contributed by atoms with van der Waals surface area (Å²) in [6.45, 7) is 4.74. The Morgan fingerprint density at radius 1 is 1.41 bits per heavy atom. The average molecular weight is 398 g/mol. The zero-order valence-electron chi connectivity index (χ0n) is 15.7. The minimum atomic E-state index is -0.781. The zero-order chi connectivity index (χ0) is 19.9. The Hall–Kier alpha value is -1.78. The number of nitrogens with one attached hydrogen (secondary N) is 2. The Balaban J connectivity index is 1.62. The summed E-state index contributed by atoms with van der Waals surface area (Å²) in [5, 5.41) is 15.4. The summed E-state index contributed by atoms with van der Waals surface area (Å²) < 4.78 is 21.5. The Labute approximate surface area is 164 Å². The number of benzene rings is 1. The van der Waals surface area contributed by atoms with Crippen molar-refractivity contribution in [1.82, 2.24) is 10.6 Å². The van der Waals surface area contributed by atoms with Gasteiger partial charge < -0.3 is 29.4 Å². The highest BCUT2D eigenvalue weighted by Gasteiger charge is 2.32.